The van der Waals surface area contributed by atoms with E-state index in [1.54, 1.807) is 6.07 Å². The number of amides is 1. The van der Waals surface area contributed by atoms with Gasteiger partial charge in [-0.05, 0) is 70.4 Å². The molecule has 0 atom stereocenters. The van der Waals surface area contributed by atoms with E-state index in [0.717, 1.165) is 42.3 Å². The zero-order valence-corrected chi connectivity index (χ0v) is 17.2. The van der Waals surface area contributed by atoms with Crippen LogP contribution >= 0.6 is 0 Å². The van der Waals surface area contributed by atoms with Gasteiger partial charge in [0.2, 0.25) is 0 Å². The monoisotopic (exact) mass is 383 g/mol. The van der Waals surface area contributed by atoms with Crippen LogP contribution in [-0.4, -0.2) is 36.1 Å². The molecule has 1 fully saturated rings. The van der Waals surface area contributed by atoms with Gasteiger partial charge in [-0.25, -0.2) is 4.79 Å². The summed E-state index contributed by atoms with van der Waals surface area (Å²) in [6.07, 6.45) is 2.45. The van der Waals surface area contributed by atoms with E-state index in [9.17, 15) is 9.59 Å². The highest BCUT2D eigenvalue weighted by atomic mass is 16.5. The summed E-state index contributed by atoms with van der Waals surface area (Å²) in [7, 11) is 0. The first-order valence-corrected chi connectivity index (χ1v) is 9.90. The summed E-state index contributed by atoms with van der Waals surface area (Å²) in [6.45, 7) is 10.5. The summed E-state index contributed by atoms with van der Waals surface area (Å²) in [5.41, 5.74) is 5.30. The van der Waals surface area contributed by atoms with E-state index >= 15 is 0 Å². The minimum atomic E-state index is -0.468. The quantitative estimate of drug-likeness (QED) is 0.770. The smallest absolute Gasteiger partial charge is 0.340 e. The molecule has 0 radical (unpaired) electrons. The number of hydrogen-bond acceptors (Lipinski definition) is 4. The Labute approximate surface area is 166 Å². The molecule has 1 aromatic heterocycles. The third kappa shape index (κ3) is 4.21. The van der Waals surface area contributed by atoms with Crippen LogP contribution < -0.4 is 10.2 Å². The average Bonchev–Trinajstić information content (AvgIpc) is 3.29. The van der Waals surface area contributed by atoms with Crippen LogP contribution in [0.15, 0.2) is 24.3 Å². The molecule has 1 N–H and O–H groups in total. The SMILES string of the molecule is CCn1c(C)cc(C(=O)OCC(=O)Nc2ccc(N3CCCC3)cc2C)c1C. The maximum atomic E-state index is 12.3. The van der Waals surface area contributed by atoms with Gasteiger partial charge in [0.25, 0.3) is 5.91 Å². The van der Waals surface area contributed by atoms with Gasteiger partial charge >= 0.3 is 5.97 Å². The molecule has 0 bridgehead atoms. The molecule has 28 heavy (non-hydrogen) atoms. The van der Waals surface area contributed by atoms with Crippen molar-refractivity contribution in [2.45, 2.75) is 47.1 Å². The second kappa shape index (κ2) is 8.50. The fourth-order valence-electron chi connectivity index (χ4n) is 3.85. The number of rotatable bonds is 6. The third-order valence-corrected chi connectivity index (χ3v) is 5.40. The molecular weight excluding hydrogens is 354 g/mol. The Morgan fingerprint density at radius 3 is 2.43 bits per heavy atom. The van der Waals surface area contributed by atoms with Gasteiger partial charge in [0.1, 0.15) is 0 Å². The van der Waals surface area contributed by atoms with E-state index in [0.29, 0.717) is 5.56 Å². The van der Waals surface area contributed by atoms with Crippen LogP contribution in [0.1, 0.15) is 47.1 Å². The number of hydrogen-bond donors (Lipinski definition) is 1. The van der Waals surface area contributed by atoms with Crippen LogP contribution in [0, 0.1) is 20.8 Å². The highest BCUT2D eigenvalue weighted by molar-refractivity contribution is 5.96. The van der Waals surface area contributed by atoms with Crippen LogP contribution in [0.3, 0.4) is 0 Å². The zero-order valence-electron chi connectivity index (χ0n) is 17.2. The fourth-order valence-corrected chi connectivity index (χ4v) is 3.85. The Morgan fingerprint density at radius 1 is 1.11 bits per heavy atom. The van der Waals surface area contributed by atoms with Gasteiger partial charge in [0.05, 0.1) is 5.56 Å². The number of esters is 1. The van der Waals surface area contributed by atoms with E-state index in [1.807, 2.05) is 44.4 Å². The first-order valence-electron chi connectivity index (χ1n) is 9.90. The Morgan fingerprint density at radius 2 is 1.82 bits per heavy atom. The number of anilines is 2. The highest BCUT2D eigenvalue weighted by Gasteiger charge is 2.18. The Hall–Kier alpha value is -2.76. The van der Waals surface area contributed by atoms with Gasteiger partial charge in [-0.15, -0.1) is 0 Å². The summed E-state index contributed by atoms with van der Waals surface area (Å²) in [5.74, 6) is -0.807. The summed E-state index contributed by atoms with van der Waals surface area (Å²) in [5, 5.41) is 2.84. The van der Waals surface area contributed by atoms with E-state index in [1.165, 1.54) is 18.5 Å². The molecule has 3 rings (SSSR count). The number of aromatic nitrogens is 1. The van der Waals surface area contributed by atoms with Crippen LogP contribution in [0.2, 0.25) is 0 Å². The van der Waals surface area contributed by atoms with Gasteiger partial charge in [-0.1, -0.05) is 0 Å². The van der Waals surface area contributed by atoms with Crippen molar-refractivity contribution in [3.8, 4) is 0 Å². The largest absolute Gasteiger partial charge is 0.452 e. The first kappa shape index (κ1) is 20.0. The lowest BCUT2D eigenvalue weighted by atomic mass is 10.1. The molecule has 0 aliphatic carbocycles. The molecule has 1 aromatic carbocycles. The normalized spacial score (nSPS) is 13.6. The summed E-state index contributed by atoms with van der Waals surface area (Å²) < 4.78 is 7.27. The van der Waals surface area contributed by atoms with Crippen molar-refractivity contribution in [2.24, 2.45) is 0 Å². The lowest BCUT2D eigenvalue weighted by Gasteiger charge is -2.19. The van der Waals surface area contributed by atoms with Crippen molar-refractivity contribution in [1.29, 1.82) is 0 Å². The van der Waals surface area contributed by atoms with Gasteiger partial charge in [0, 0.05) is 42.4 Å². The van der Waals surface area contributed by atoms with Gasteiger partial charge in [-0.3, -0.25) is 4.79 Å². The minimum Gasteiger partial charge on any atom is -0.452 e. The molecular formula is C22H29N3O3. The highest BCUT2D eigenvalue weighted by Crippen LogP contribution is 2.25. The van der Waals surface area contributed by atoms with Crippen LogP contribution in [0.4, 0.5) is 11.4 Å². The molecule has 2 heterocycles. The fraction of sp³-hybridized carbons (Fsp3) is 0.455. The molecule has 6 nitrogen and oxygen atoms in total. The maximum absolute atomic E-state index is 12.3. The first-order chi connectivity index (χ1) is 13.4. The second-order valence-corrected chi connectivity index (χ2v) is 7.35. The van der Waals surface area contributed by atoms with Gasteiger partial charge < -0.3 is 19.5 Å². The standard InChI is InChI=1S/C22H29N3O3/c1-5-25-16(3)13-19(17(25)4)22(27)28-14-21(26)23-20-9-8-18(12-15(20)2)24-10-6-7-11-24/h8-9,12-13H,5-7,10-11,14H2,1-4H3,(H,23,26). The Balaban J connectivity index is 1.57. The topological polar surface area (TPSA) is 63.6 Å². The molecule has 2 aromatic rings. The van der Waals surface area contributed by atoms with Crippen LogP contribution in [-0.2, 0) is 16.1 Å². The molecule has 0 unspecified atom stereocenters. The molecule has 0 spiro atoms. The predicted molar refractivity (Wildman–Crippen MR) is 111 cm³/mol. The number of carbonyl (C=O) groups excluding carboxylic acids is 2. The van der Waals surface area contributed by atoms with Crippen molar-refractivity contribution >= 4 is 23.3 Å². The molecule has 150 valence electrons. The number of carbonyl (C=O) groups is 2. The van der Waals surface area contributed by atoms with Gasteiger partial charge in [0.15, 0.2) is 6.61 Å². The van der Waals surface area contributed by atoms with Gasteiger partial charge in [-0.2, -0.15) is 0 Å². The van der Waals surface area contributed by atoms with Crippen molar-refractivity contribution in [1.82, 2.24) is 4.57 Å². The summed E-state index contributed by atoms with van der Waals surface area (Å²) in [6, 6.07) is 7.84. The number of ether oxygens (including phenoxy) is 1. The predicted octanol–water partition coefficient (Wildman–Crippen LogP) is 3.83. The molecule has 1 aliphatic heterocycles. The molecule has 1 amide bonds. The van der Waals surface area contributed by atoms with Crippen LogP contribution in [0.5, 0.6) is 0 Å². The maximum Gasteiger partial charge on any atom is 0.340 e. The summed E-state index contributed by atoms with van der Waals surface area (Å²) in [4.78, 5) is 26.9. The van der Waals surface area contributed by atoms with Crippen molar-refractivity contribution in [2.75, 3.05) is 29.9 Å². The molecule has 1 saturated heterocycles. The van der Waals surface area contributed by atoms with Crippen molar-refractivity contribution < 1.29 is 14.3 Å². The number of benzene rings is 1. The number of aryl methyl sites for hydroxylation is 2. The molecule has 1 aliphatic rings. The average molecular weight is 383 g/mol. The minimum absolute atomic E-state index is 0.304. The summed E-state index contributed by atoms with van der Waals surface area (Å²) >= 11 is 0. The van der Waals surface area contributed by atoms with E-state index in [4.69, 9.17) is 4.74 Å². The zero-order chi connectivity index (χ0) is 20.3. The Kier molecular flexibility index (Phi) is 6.07. The Bertz CT molecular complexity index is 879. The number of nitrogens with one attached hydrogen (secondary N) is 1. The molecule has 0 saturated carbocycles. The van der Waals surface area contributed by atoms with E-state index < -0.39 is 5.97 Å². The lowest BCUT2D eigenvalue weighted by molar-refractivity contribution is -0.119. The number of nitrogens with zero attached hydrogens (tertiary/aromatic N) is 2. The molecule has 6 heteroatoms. The van der Waals surface area contributed by atoms with E-state index in [2.05, 4.69) is 16.3 Å². The second-order valence-electron chi connectivity index (χ2n) is 7.35. The lowest BCUT2D eigenvalue weighted by Crippen LogP contribution is -2.22. The van der Waals surface area contributed by atoms with Crippen LogP contribution in [0.25, 0.3) is 0 Å². The van der Waals surface area contributed by atoms with E-state index in [-0.39, 0.29) is 12.5 Å². The van der Waals surface area contributed by atoms with Crippen molar-refractivity contribution in [3.05, 3.63) is 46.8 Å². The van der Waals surface area contributed by atoms with Crippen molar-refractivity contribution in [3.63, 3.8) is 0 Å². The third-order valence-electron chi connectivity index (χ3n) is 5.40.